The first-order valence-corrected chi connectivity index (χ1v) is 8.17. The Morgan fingerprint density at radius 1 is 1.45 bits per heavy atom. The predicted octanol–water partition coefficient (Wildman–Crippen LogP) is 2.80. The second-order valence-corrected chi connectivity index (χ2v) is 6.85. The molecule has 0 saturated heterocycles. The van der Waals surface area contributed by atoms with Crippen molar-refractivity contribution in [3.05, 3.63) is 34.3 Å². The minimum Gasteiger partial charge on any atom is -0.393 e. The van der Waals surface area contributed by atoms with Gasteiger partial charge in [0, 0.05) is 17.1 Å². The van der Waals surface area contributed by atoms with E-state index in [1.165, 1.54) is 5.56 Å². The normalized spacial score (nSPS) is 23.6. The lowest BCUT2D eigenvalue weighted by molar-refractivity contribution is 0.0279. The molecule has 0 spiro atoms. The van der Waals surface area contributed by atoms with Crippen LogP contribution in [0.25, 0.3) is 0 Å². The number of nitrogens with one attached hydrogen (secondary N) is 1. The minimum atomic E-state index is -0.0416. The number of rotatable bonds is 7. The van der Waals surface area contributed by atoms with Crippen LogP contribution >= 0.6 is 15.9 Å². The molecule has 0 heterocycles. The van der Waals surface area contributed by atoms with E-state index in [9.17, 15) is 5.11 Å². The lowest BCUT2D eigenvalue weighted by Crippen LogP contribution is -2.38. The van der Waals surface area contributed by atoms with Gasteiger partial charge in [0.2, 0.25) is 0 Å². The highest BCUT2D eigenvalue weighted by Gasteiger charge is 2.27. The molecule has 3 nitrogen and oxygen atoms in total. The van der Waals surface area contributed by atoms with Crippen molar-refractivity contribution in [1.29, 1.82) is 0 Å². The molecule has 0 aliphatic heterocycles. The molecule has 1 aromatic carbocycles. The zero-order chi connectivity index (χ0) is 14.5. The Labute approximate surface area is 130 Å². The van der Waals surface area contributed by atoms with E-state index in [0.29, 0.717) is 12.0 Å². The maximum absolute atomic E-state index is 9.33. The number of hydrogen-bond acceptors (Lipinski definition) is 3. The van der Waals surface area contributed by atoms with Crippen LogP contribution in [0.1, 0.15) is 30.9 Å². The molecule has 1 aromatic rings. The first-order valence-electron chi connectivity index (χ1n) is 7.38. The zero-order valence-corrected chi connectivity index (χ0v) is 13.9. The van der Waals surface area contributed by atoms with Crippen molar-refractivity contribution >= 4 is 15.9 Å². The van der Waals surface area contributed by atoms with Crippen molar-refractivity contribution in [3.8, 4) is 0 Å². The molecular formula is C16H25BrN2O. The van der Waals surface area contributed by atoms with E-state index in [1.807, 2.05) is 7.05 Å². The fraction of sp³-hybridized carbons (Fsp3) is 0.625. The maximum atomic E-state index is 9.33. The van der Waals surface area contributed by atoms with Gasteiger partial charge in [-0.1, -0.05) is 28.1 Å². The van der Waals surface area contributed by atoms with Crippen molar-refractivity contribution in [1.82, 2.24) is 10.2 Å². The summed E-state index contributed by atoms with van der Waals surface area (Å²) in [5, 5.41) is 12.7. The summed E-state index contributed by atoms with van der Waals surface area (Å²) in [6.07, 6.45) is 3.01. The molecule has 1 aliphatic rings. The van der Waals surface area contributed by atoms with E-state index in [1.54, 1.807) is 0 Å². The third kappa shape index (κ3) is 4.55. The Kier molecular flexibility index (Phi) is 6.02. The molecule has 1 atom stereocenters. The van der Waals surface area contributed by atoms with E-state index in [-0.39, 0.29) is 6.10 Å². The van der Waals surface area contributed by atoms with Gasteiger partial charge in [0.1, 0.15) is 0 Å². The van der Waals surface area contributed by atoms with Gasteiger partial charge >= 0.3 is 0 Å². The first-order chi connectivity index (χ1) is 9.58. The van der Waals surface area contributed by atoms with E-state index in [2.05, 4.69) is 57.5 Å². The van der Waals surface area contributed by atoms with Crippen LogP contribution in [-0.2, 0) is 0 Å². The standard InChI is InChI=1S/C16H25BrN2O/c1-18-16(13-4-3-5-14(17)10-13)6-7-19(2)11-12-8-15(20)9-12/h3-5,10,12,15-16,18,20H,6-9,11H2,1-2H3. The van der Waals surface area contributed by atoms with E-state index in [4.69, 9.17) is 0 Å². The molecule has 0 bridgehead atoms. The van der Waals surface area contributed by atoms with Crippen LogP contribution in [0, 0.1) is 5.92 Å². The van der Waals surface area contributed by atoms with Crippen LogP contribution in [0.2, 0.25) is 0 Å². The highest BCUT2D eigenvalue weighted by atomic mass is 79.9. The summed E-state index contributed by atoms with van der Waals surface area (Å²) >= 11 is 3.53. The highest BCUT2D eigenvalue weighted by molar-refractivity contribution is 9.10. The Bertz CT molecular complexity index is 421. The molecule has 0 radical (unpaired) electrons. The van der Waals surface area contributed by atoms with E-state index in [0.717, 1.165) is 36.8 Å². The first kappa shape index (κ1) is 16.0. The molecule has 4 heteroatoms. The van der Waals surface area contributed by atoms with Crippen LogP contribution in [0.5, 0.6) is 0 Å². The third-order valence-corrected chi connectivity index (χ3v) is 4.67. The quantitative estimate of drug-likeness (QED) is 0.801. The average Bonchev–Trinajstić information content (AvgIpc) is 2.38. The molecule has 112 valence electrons. The smallest absolute Gasteiger partial charge is 0.0546 e. The van der Waals surface area contributed by atoms with Crippen molar-refractivity contribution in [3.63, 3.8) is 0 Å². The van der Waals surface area contributed by atoms with Gasteiger partial charge in [-0.05, 0) is 63.5 Å². The Balaban J connectivity index is 1.78. The fourth-order valence-electron chi connectivity index (χ4n) is 2.93. The summed E-state index contributed by atoms with van der Waals surface area (Å²) in [6, 6.07) is 8.90. The largest absolute Gasteiger partial charge is 0.393 e. The van der Waals surface area contributed by atoms with Crippen molar-refractivity contribution < 1.29 is 5.11 Å². The van der Waals surface area contributed by atoms with Gasteiger partial charge in [-0.2, -0.15) is 0 Å². The third-order valence-electron chi connectivity index (χ3n) is 4.18. The number of halogens is 1. The summed E-state index contributed by atoms with van der Waals surface area (Å²) in [7, 11) is 4.20. The minimum absolute atomic E-state index is 0.0416. The molecule has 0 aromatic heterocycles. The summed E-state index contributed by atoms with van der Waals surface area (Å²) in [5.41, 5.74) is 1.33. The number of nitrogens with zero attached hydrogens (tertiary/aromatic N) is 1. The summed E-state index contributed by atoms with van der Waals surface area (Å²) in [6.45, 7) is 2.18. The van der Waals surface area contributed by atoms with Crippen LogP contribution in [0.4, 0.5) is 0 Å². The molecule has 1 fully saturated rings. The predicted molar refractivity (Wildman–Crippen MR) is 86.8 cm³/mol. The lowest BCUT2D eigenvalue weighted by Gasteiger charge is -2.34. The van der Waals surface area contributed by atoms with Gasteiger partial charge in [-0.15, -0.1) is 0 Å². The zero-order valence-electron chi connectivity index (χ0n) is 12.3. The van der Waals surface area contributed by atoms with Crippen LogP contribution in [0.15, 0.2) is 28.7 Å². The van der Waals surface area contributed by atoms with Gasteiger partial charge in [0.25, 0.3) is 0 Å². The molecule has 20 heavy (non-hydrogen) atoms. The fourth-order valence-corrected chi connectivity index (χ4v) is 3.35. The summed E-state index contributed by atoms with van der Waals surface area (Å²) in [4.78, 5) is 2.39. The molecule has 1 unspecified atom stereocenters. The molecule has 2 rings (SSSR count). The number of aliphatic hydroxyl groups is 1. The van der Waals surface area contributed by atoms with Crippen LogP contribution in [-0.4, -0.2) is 43.3 Å². The van der Waals surface area contributed by atoms with Gasteiger partial charge in [-0.25, -0.2) is 0 Å². The van der Waals surface area contributed by atoms with E-state index < -0.39 is 0 Å². The van der Waals surface area contributed by atoms with Crippen molar-refractivity contribution in [2.24, 2.45) is 5.92 Å². The highest BCUT2D eigenvalue weighted by Crippen LogP contribution is 2.28. The monoisotopic (exact) mass is 340 g/mol. The van der Waals surface area contributed by atoms with Crippen molar-refractivity contribution in [2.75, 3.05) is 27.2 Å². The van der Waals surface area contributed by atoms with Gasteiger partial charge < -0.3 is 15.3 Å². The van der Waals surface area contributed by atoms with E-state index >= 15 is 0 Å². The SMILES string of the molecule is CNC(CCN(C)CC1CC(O)C1)c1cccc(Br)c1. The molecule has 1 aliphatic carbocycles. The second kappa shape index (κ2) is 7.55. The van der Waals surface area contributed by atoms with Crippen LogP contribution in [0.3, 0.4) is 0 Å². The van der Waals surface area contributed by atoms with Gasteiger partial charge in [-0.3, -0.25) is 0 Å². The number of aliphatic hydroxyl groups excluding tert-OH is 1. The Morgan fingerprint density at radius 3 is 2.80 bits per heavy atom. The molecule has 2 N–H and O–H groups in total. The molecular weight excluding hydrogens is 316 g/mol. The van der Waals surface area contributed by atoms with Gasteiger partial charge in [0.05, 0.1) is 6.10 Å². The van der Waals surface area contributed by atoms with Gasteiger partial charge in [0.15, 0.2) is 0 Å². The second-order valence-electron chi connectivity index (χ2n) is 5.94. The average molecular weight is 341 g/mol. The Morgan fingerprint density at radius 2 is 2.20 bits per heavy atom. The summed E-state index contributed by atoms with van der Waals surface area (Å²) in [5.74, 6) is 0.689. The van der Waals surface area contributed by atoms with Crippen LogP contribution < -0.4 is 5.32 Å². The molecule has 1 saturated carbocycles. The summed E-state index contributed by atoms with van der Waals surface area (Å²) < 4.78 is 1.13. The number of benzene rings is 1. The molecule has 0 amide bonds. The lowest BCUT2D eigenvalue weighted by atomic mass is 9.82. The maximum Gasteiger partial charge on any atom is 0.0546 e. The topological polar surface area (TPSA) is 35.5 Å². The van der Waals surface area contributed by atoms with Crippen molar-refractivity contribution in [2.45, 2.75) is 31.4 Å². The Hall–Kier alpha value is -0.420. The number of hydrogen-bond donors (Lipinski definition) is 2.